The zero-order chi connectivity index (χ0) is 24.5. The van der Waals surface area contributed by atoms with E-state index >= 15 is 0 Å². The Bertz CT molecular complexity index is 1210. The monoisotopic (exact) mass is 467 g/mol. The average Bonchev–Trinajstić information content (AvgIpc) is 3.21. The molecule has 1 aliphatic rings. The van der Waals surface area contributed by atoms with Crippen molar-refractivity contribution in [1.82, 2.24) is 25.0 Å². The van der Waals surface area contributed by atoms with Gasteiger partial charge in [0.15, 0.2) is 23.2 Å². The predicted molar refractivity (Wildman–Crippen MR) is 123 cm³/mol. The van der Waals surface area contributed by atoms with Crippen LogP contribution in [0, 0.1) is 22.6 Å². The maximum absolute atomic E-state index is 14.8. The maximum atomic E-state index is 14.8. The summed E-state index contributed by atoms with van der Waals surface area (Å²) < 4.78 is 29.6. The van der Waals surface area contributed by atoms with Gasteiger partial charge in [0.05, 0.1) is 29.7 Å². The Balaban J connectivity index is 1.53. The highest BCUT2D eigenvalue weighted by atomic mass is 19.1. The van der Waals surface area contributed by atoms with E-state index < -0.39 is 12.0 Å². The minimum absolute atomic E-state index is 0.107. The molecule has 0 unspecified atom stereocenters. The molecule has 3 aromatic rings. The van der Waals surface area contributed by atoms with Gasteiger partial charge in [-0.2, -0.15) is 10.4 Å². The Morgan fingerprint density at radius 3 is 2.76 bits per heavy atom. The van der Waals surface area contributed by atoms with Crippen molar-refractivity contribution in [1.29, 1.82) is 5.26 Å². The molecule has 0 amide bonds. The second kappa shape index (κ2) is 9.33. The number of anilines is 1. The Hall–Kier alpha value is -3.61. The van der Waals surface area contributed by atoms with Crippen LogP contribution in [0.5, 0.6) is 5.75 Å². The summed E-state index contributed by atoms with van der Waals surface area (Å²) in [5.41, 5.74) is 0.470. The van der Waals surface area contributed by atoms with Crippen LogP contribution in [0.3, 0.4) is 0 Å². The fourth-order valence-electron chi connectivity index (χ4n) is 4.76. The summed E-state index contributed by atoms with van der Waals surface area (Å²) in [5.74, 6) is -0.241. The molecule has 1 aliphatic carbocycles. The first-order valence-electron chi connectivity index (χ1n) is 11.3. The number of benzene rings is 1. The number of rotatable bonds is 6. The fourth-order valence-corrected chi connectivity index (χ4v) is 4.76. The molecular formula is C24H27F2N7O. The Labute approximate surface area is 196 Å². The molecule has 1 fully saturated rings. The highest BCUT2D eigenvalue weighted by Crippen LogP contribution is 2.42. The molecule has 0 bridgehead atoms. The van der Waals surface area contributed by atoms with E-state index in [0.29, 0.717) is 23.5 Å². The summed E-state index contributed by atoms with van der Waals surface area (Å²) in [5, 5.41) is 31.6. The van der Waals surface area contributed by atoms with E-state index in [0.717, 1.165) is 31.9 Å². The van der Waals surface area contributed by atoms with Crippen molar-refractivity contribution in [2.24, 2.45) is 5.41 Å². The molecule has 34 heavy (non-hydrogen) atoms. The van der Waals surface area contributed by atoms with Crippen molar-refractivity contribution in [3.8, 4) is 28.9 Å². The van der Waals surface area contributed by atoms with E-state index in [4.69, 9.17) is 5.26 Å². The van der Waals surface area contributed by atoms with E-state index in [2.05, 4.69) is 34.1 Å². The summed E-state index contributed by atoms with van der Waals surface area (Å²) in [6.07, 6.45) is 5.92. The van der Waals surface area contributed by atoms with Gasteiger partial charge in [0.25, 0.3) is 0 Å². The van der Waals surface area contributed by atoms with E-state index in [1.165, 1.54) is 16.9 Å². The Morgan fingerprint density at radius 2 is 2.15 bits per heavy atom. The predicted octanol–water partition coefficient (Wildman–Crippen LogP) is 4.57. The number of phenolic OH excluding ortho intramolecular Hbond substituents is 1. The largest absolute Gasteiger partial charge is 0.507 e. The third-order valence-electron chi connectivity index (χ3n) is 6.67. The van der Waals surface area contributed by atoms with Gasteiger partial charge in [-0.15, -0.1) is 10.2 Å². The molecule has 8 nitrogen and oxygen atoms in total. The third-order valence-corrected chi connectivity index (χ3v) is 6.67. The normalized spacial score (nSPS) is 22.4. The molecule has 2 aromatic heterocycles. The van der Waals surface area contributed by atoms with Crippen molar-refractivity contribution in [2.75, 3.05) is 11.9 Å². The van der Waals surface area contributed by atoms with Gasteiger partial charge in [-0.25, -0.2) is 18.4 Å². The van der Waals surface area contributed by atoms with Crippen LogP contribution in [-0.4, -0.2) is 49.3 Å². The van der Waals surface area contributed by atoms with Crippen LogP contribution < -0.4 is 4.90 Å². The van der Waals surface area contributed by atoms with Gasteiger partial charge >= 0.3 is 0 Å². The van der Waals surface area contributed by atoms with Crippen LogP contribution in [0.1, 0.15) is 51.6 Å². The van der Waals surface area contributed by atoms with Gasteiger partial charge in [0.1, 0.15) is 18.0 Å². The summed E-state index contributed by atoms with van der Waals surface area (Å²) in [7, 11) is 1.81. The molecule has 0 spiro atoms. The van der Waals surface area contributed by atoms with Crippen LogP contribution in [-0.2, 0) is 0 Å². The average molecular weight is 468 g/mol. The summed E-state index contributed by atoms with van der Waals surface area (Å²) in [6, 6.07) is 5.89. The number of nitrogens with zero attached hydrogens (tertiary/aromatic N) is 7. The topological polar surface area (TPSA) is 104 Å². The molecule has 10 heteroatoms. The minimum Gasteiger partial charge on any atom is -0.507 e. The van der Waals surface area contributed by atoms with Gasteiger partial charge in [0.2, 0.25) is 0 Å². The SMILES string of the molecule is CCC[C@]1(C)CC[C@H](F)[C@H](N(C)c2cnc(-c3ccc(-n4cc(F)c(C#N)n4)cc3O)nn2)C1. The van der Waals surface area contributed by atoms with Crippen LogP contribution in [0.25, 0.3) is 17.1 Å². The lowest BCUT2D eigenvalue weighted by Crippen LogP contribution is -2.47. The standard InChI is InChI=1S/C24H27F2N7O/c1-4-8-24(2)9-7-17(25)20(11-24)32(3)22-13-28-23(30-29-22)16-6-5-15(10-21(16)34)33-14-18(26)19(12-27)31-33/h5-6,10,13-14,17,20,34H,4,7-9,11H2,1-3H3/t17-,20+,24+/m0/s1. The van der Waals surface area contributed by atoms with E-state index in [1.54, 1.807) is 18.2 Å². The number of hydrogen-bond acceptors (Lipinski definition) is 7. The van der Waals surface area contributed by atoms with Gasteiger partial charge in [-0.05, 0) is 43.2 Å². The number of halogens is 2. The van der Waals surface area contributed by atoms with E-state index in [1.807, 2.05) is 11.9 Å². The Morgan fingerprint density at radius 1 is 1.35 bits per heavy atom. The summed E-state index contributed by atoms with van der Waals surface area (Å²) in [4.78, 5) is 6.14. The summed E-state index contributed by atoms with van der Waals surface area (Å²) >= 11 is 0. The molecular weight excluding hydrogens is 440 g/mol. The highest BCUT2D eigenvalue weighted by Gasteiger charge is 2.39. The quantitative estimate of drug-likeness (QED) is 0.566. The molecule has 2 heterocycles. The lowest BCUT2D eigenvalue weighted by Gasteiger charge is -2.43. The maximum Gasteiger partial charge on any atom is 0.198 e. The summed E-state index contributed by atoms with van der Waals surface area (Å²) in [6.45, 7) is 4.37. The van der Waals surface area contributed by atoms with Gasteiger partial charge in [-0.1, -0.05) is 20.3 Å². The third kappa shape index (κ3) is 4.55. The number of nitriles is 1. The van der Waals surface area contributed by atoms with Crippen LogP contribution >= 0.6 is 0 Å². The van der Waals surface area contributed by atoms with E-state index in [9.17, 15) is 13.9 Å². The fraction of sp³-hybridized carbons (Fsp3) is 0.458. The molecule has 0 aliphatic heterocycles. The lowest BCUT2D eigenvalue weighted by atomic mass is 9.70. The molecule has 0 radical (unpaired) electrons. The number of aromatic hydroxyl groups is 1. The molecule has 1 saturated carbocycles. The number of phenols is 1. The molecule has 178 valence electrons. The van der Waals surface area contributed by atoms with E-state index in [-0.39, 0.29) is 28.7 Å². The molecule has 0 saturated heterocycles. The molecule has 4 rings (SSSR count). The molecule has 1 N–H and O–H groups in total. The highest BCUT2D eigenvalue weighted by molar-refractivity contribution is 5.66. The second-order valence-corrected chi connectivity index (χ2v) is 9.22. The lowest BCUT2D eigenvalue weighted by molar-refractivity contribution is 0.102. The van der Waals surface area contributed by atoms with Gasteiger partial charge in [0, 0.05) is 13.1 Å². The van der Waals surface area contributed by atoms with Crippen LogP contribution in [0.4, 0.5) is 14.6 Å². The second-order valence-electron chi connectivity index (χ2n) is 9.22. The van der Waals surface area contributed by atoms with Gasteiger partial charge < -0.3 is 10.0 Å². The van der Waals surface area contributed by atoms with Crippen LogP contribution in [0.2, 0.25) is 0 Å². The smallest absolute Gasteiger partial charge is 0.198 e. The first kappa shape index (κ1) is 23.5. The number of aromatic nitrogens is 5. The first-order valence-corrected chi connectivity index (χ1v) is 11.3. The van der Waals surface area contributed by atoms with Crippen molar-refractivity contribution < 1.29 is 13.9 Å². The zero-order valence-corrected chi connectivity index (χ0v) is 19.4. The number of hydrogen-bond donors (Lipinski definition) is 1. The Kier molecular flexibility index (Phi) is 6.46. The zero-order valence-electron chi connectivity index (χ0n) is 19.4. The molecule has 3 atom stereocenters. The van der Waals surface area contributed by atoms with Crippen molar-refractivity contribution >= 4 is 5.82 Å². The minimum atomic E-state index is -0.943. The van der Waals surface area contributed by atoms with Crippen molar-refractivity contribution in [3.05, 3.63) is 42.1 Å². The van der Waals surface area contributed by atoms with Crippen molar-refractivity contribution in [2.45, 2.75) is 58.2 Å². The van der Waals surface area contributed by atoms with Crippen LogP contribution in [0.15, 0.2) is 30.6 Å². The number of alkyl halides is 1. The van der Waals surface area contributed by atoms with Crippen molar-refractivity contribution in [3.63, 3.8) is 0 Å². The molecule has 1 aromatic carbocycles. The first-order chi connectivity index (χ1) is 16.2. The van der Waals surface area contributed by atoms with Gasteiger partial charge in [-0.3, -0.25) is 0 Å².